The van der Waals surface area contributed by atoms with Crippen molar-refractivity contribution in [2.24, 2.45) is 0 Å². The highest BCUT2D eigenvalue weighted by atomic mass is 32.2. The van der Waals surface area contributed by atoms with E-state index in [0.29, 0.717) is 25.4 Å². The Balaban J connectivity index is 1.95. The summed E-state index contributed by atoms with van der Waals surface area (Å²) < 4.78 is 37.1. The topological polar surface area (TPSA) is 102 Å². The molecule has 1 aromatic carbocycles. The molecule has 0 aliphatic carbocycles. The molecule has 0 aromatic heterocycles. The summed E-state index contributed by atoms with van der Waals surface area (Å²) in [5.74, 6) is -0.517. The minimum Gasteiger partial charge on any atom is -0.493 e. The Hall–Kier alpha value is -1.64. The molecule has 1 unspecified atom stereocenters. The van der Waals surface area contributed by atoms with Crippen LogP contribution < -0.4 is 9.46 Å². The summed E-state index contributed by atoms with van der Waals surface area (Å²) in [7, 11) is -3.57. The van der Waals surface area contributed by atoms with Crippen molar-refractivity contribution in [1.82, 2.24) is 4.72 Å². The van der Waals surface area contributed by atoms with Gasteiger partial charge < -0.3 is 14.6 Å². The van der Waals surface area contributed by atoms with E-state index in [4.69, 9.17) is 14.6 Å². The molecule has 21 heavy (non-hydrogen) atoms. The van der Waals surface area contributed by atoms with Crippen LogP contribution >= 0.6 is 0 Å². The highest BCUT2D eigenvalue weighted by Crippen LogP contribution is 2.17. The summed E-state index contributed by atoms with van der Waals surface area (Å²) >= 11 is 0. The maximum absolute atomic E-state index is 12.1. The Morgan fingerprint density at radius 3 is 2.67 bits per heavy atom. The Morgan fingerprint density at radius 2 is 2.10 bits per heavy atom. The molecular formula is C13H17NO6S. The van der Waals surface area contributed by atoms with Crippen LogP contribution in [-0.4, -0.2) is 45.4 Å². The Morgan fingerprint density at radius 1 is 1.38 bits per heavy atom. The molecule has 2 rings (SSSR count). The van der Waals surface area contributed by atoms with Gasteiger partial charge in [-0.3, -0.25) is 4.79 Å². The third-order valence-corrected chi connectivity index (χ3v) is 4.51. The molecule has 1 saturated heterocycles. The molecule has 7 nitrogen and oxygen atoms in total. The van der Waals surface area contributed by atoms with Crippen LogP contribution in [0.15, 0.2) is 29.2 Å². The van der Waals surface area contributed by atoms with Crippen molar-refractivity contribution in [1.29, 1.82) is 0 Å². The van der Waals surface area contributed by atoms with E-state index in [1.165, 1.54) is 24.3 Å². The number of nitrogens with one attached hydrogen (secondary N) is 1. The molecule has 0 saturated carbocycles. The van der Waals surface area contributed by atoms with Crippen LogP contribution in [0.3, 0.4) is 0 Å². The monoisotopic (exact) mass is 315 g/mol. The molecule has 1 aliphatic rings. The smallest absolute Gasteiger partial charge is 0.306 e. The number of hydrogen-bond acceptors (Lipinski definition) is 5. The number of aliphatic carboxylic acids is 1. The first-order valence-electron chi connectivity index (χ1n) is 6.52. The maximum Gasteiger partial charge on any atom is 0.306 e. The van der Waals surface area contributed by atoms with Crippen molar-refractivity contribution in [3.05, 3.63) is 24.3 Å². The molecule has 0 amide bonds. The highest BCUT2D eigenvalue weighted by molar-refractivity contribution is 7.89. The van der Waals surface area contributed by atoms with Crippen molar-refractivity contribution in [3.8, 4) is 5.75 Å². The van der Waals surface area contributed by atoms with Gasteiger partial charge in [0, 0.05) is 12.6 Å². The minimum absolute atomic E-state index is 0.0408. The molecule has 1 aromatic rings. The Kier molecular flexibility index (Phi) is 5.16. The van der Waals surface area contributed by atoms with Crippen LogP contribution in [0.5, 0.6) is 5.75 Å². The molecular weight excluding hydrogens is 298 g/mol. The maximum atomic E-state index is 12.1. The summed E-state index contributed by atoms with van der Waals surface area (Å²) in [5, 5.41) is 8.50. The summed E-state index contributed by atoms with van der Waals surface area (Å²) in [4.78, 5) is 10.5. The zero-order valence-electron chi connectivity index (χ0n) is 11.3. The van der Waals surface area contributed by atoms with Gasteiger partial charge in [-0.1, -0.05) is 0 Å². The molecule has 116 valence electrons. The third-order valence-electron chi connectivity index (χ3n) is 2.97. The van der Waals surface area contributed by atoms with E-state index in [2.05, 4.69) is 4.72 Å². The van der Waals surface area contributed by atoms with Crippen molar-refractivity contribution in [2.75, 3.05) is 19.8 Å². The molecule has 8 heteroatoms. The highest BCUT2D eigenvalue weighted by Gasteiger charge is 2.23. The van der Waals surface area contributed by atoms with Crippen LogP contribution in [0.4, 0.5) is 0 Å². The molecule has 0 radical (unpaired) electrons. The minimum atomic E-state index is -3.57. The fourth-order valence-corrected chi connectivity index (χ4v) is 3.14. The van der Waals surface area contributed by atoms with Gasteiger partial charge >= 0.3 is 5.97 Å². The van der Waals surface area contributed by atoms with Gasteiger partial charge in [0.25, 0.3) is 0 Å². The van der Waals surface area contributed by atoms with Crippen LogP contribution in [-0.2, 0) is 19.6 Å². The van der Waals surface area contributed by atoms with Crippen LogP contribution in [0, 0.1) is 0 Å². The molecule has 0 spiro atoms. The second-order valence-electron chi connectivity index (χ2n) is 4.65. The van der Waals surface area contributed by atoms with Gasteiger partial charge in [0.1, 0.15) is 5.75 Å². The summed E-state index contributed by atoms with van der Waals surface area (Å²) in [6.07, 6.45) is 0.554. The van der Waals surface area contributed by atoms with Crippen LogP contribution in [0.25, 0.3) is 0 Å². The molecule has 1 heterocycles. The molecule has 1 fully saturated rings. The Labute approximate surface area is 122 Å². The van der Waals surface area contributed by atoms with Gasteiger partial charge in [0.15, 0.2) is 0 Å². The SMILES string of the molecule is O=C(O)CCOc1ccc(S(=O)(=O)NC2CCOC2)cc1. The van der Waals surface area contributed by atoms with E-state index in [0.717, 1.165) is 0 Å². The molecule has 1 atom stereocenters. The average Bonchev–Trinajstić information content (AvgIpc) is 2.91. The van der Waals surface area contributed by atoms with Crippen LogP contribution in [0.1, 0.15) is 12.8 Å². The van der Waals surface area contributed by atoms with Gasteiger partial charge in [-0.15, -0.1) is 0 Å². The van der Waals surface area contributed by atoms with Crippen molar-refractivity contribution in [3.63, 3.8) is 0 Å². The number of carbonyl (C=O) groups is 1. The third kappa shape index (κ3) is 4.69. The largest absolute Gasteiger partial charge is 0.493 e. The second-order valence-corrected chi connectivity index (χ2v) is 6.36. The van der Waals surface area contributed by atoms with E-state index >= 15 is 0 Å². The Bertz CT molecular complexity index is 577. The lowest BCUT2D eigenvalue weighted by atomic mass is 10.3. The van der Waals surface area contributed by atoms with Gasteiger partial charge in [-0.2, -0.15) is 0 Å². The fraction of sp³-hybridized carbons (Fsp3) is 0.462. The normalized spacial score (nSPS) is 18.6. The second kappa shape index (κ2) is 6.88. The van der Waals surface area contributed by atoms with E-state index in [1.54, 1.807) is 0 Å². The summed E-state index contributed by atoms with van der Waals surface area (Å²) in [5.41, 5.74) is 0. The van der Waals surface area contributed by atoms with Crippen molar-refractivity contribution >= 4 is 16.0 Å². The zero-order chi connectivity index (χ0) is 15.3. The van der Waals surface area contributed by atoms with Crippen LogP contribution in [0.2, 0.25) is 0 Å². The summed E-state index contributed by atoms with van der Waals surface area (Å²) in [6, 6.07) is 5.66. The van der Waals surface area contributed by atoms with E-state index in [-0.39, 0.29) is 24.0 Å². The number of sulfonamides is 1. The summed E-state index contributed by atoms with van der Waals surface area (Å²) in [6.45, 7) is 0.984. The number of carboxylic acid groups (broad SMARTS) is 1. The molecule has 0 bridgehead atoms. The predicted molar refractivity (Wildman–Crippen MR) is 73.7 cm³/mol. The first-order valence-corrected chi connectivity index (χ1v) is 8.00. The lowest BCUT2D eigenvalue weighted by Crippen LogP contribution is -2.34. The van der Waals surface area contributed by atoms with Gasteiger partial charge in [0.05, 0.1) is 24.5 Å². The predicted octanol–water partition coefficient (Wildman–Crippen LogP) is 0.607. The number of rotatable bonds is 7. The number of hydrogen-bond donors (Lipinski definition) is 2. The van der Waals surface area contributed by atoms with Crippen molar-refractivity contribution < 1.29 is 27.8 Å². The van der Waals surface area contributed by atoms with Gasteiger partial charge in [-0.25, -0.2) is 13.1 Å². The zero-order valence-corrected chi connectivity index (χ0v) is 12.1. The lowest BCUT2D eigenvalue weighted by molar-refractivity contribution is -0.137. The quantitative estimate of drug-likeness (QED) is 0.764. The van der Waals surface area contributed by atoms with Gasteiger partial charge in [0.2, 0.25) is 10.0 Å². The van der Waals surface area contributed by atoms with E-state index in [1.807, 2.05) is 0 Å². The van der Waals surface area contributed by atoms with Crippen molar-refractivity contribution in [2.45, 2.75) is 23.8 Å². The molecule has 1 aliphatic heterocycles. The standard InChI is InChI=1S/C13H17NO6S/c15-13(16)6-8-20-11-1-3-12(4-2-11)21(17,18)14-10-5-7-19-9-10/h1-4,10,14H,5-9H2,(H,15,16). The first-order chi connectivity index (χ1) is 9.97. The average molecular weight is 315 g/mol. The van der Waals surface area contributed by atoms with E-state index < -0.39 is 16.0 Å². The fourth-order valence-electron chi connectivity index (χ4n) is 1.89. The number of ether oxygens (including phenoxy) is 2. The van der Waals surface area contributed by atoms with Gasteiger partial charge in [-0.05, 0) is 30.7 Å². The molecule has 2 N–H and O–H groups in total. The van der Waals surface area contributed by atoms with E-state index in [9.17, 15) is 13.2 Å². The number of benzene rings is 1. The number of carboxylic acids is 1. The lowest BCUT2D eigenvalue weighted by Gasteiger charge is -2.12. The first kappa shape index (κ1) is 15.7.